The highest BCUT2D eigenvalue weighted by Crippen LogP contribution is 2.34. The maximum absolute atomic E-state index is 11.0. The number of hydrogen-bond donors (Lipinski definition) is 0. The van der Waals surface area contributed by atoms with Crippen LogP contribution in [0.5, 0.6) is 0 Å². The largest absolute Gasteiger partial charge is 0.306 e. The lowest BCUT2D eigenvalue weighted by Crippen LogP contribution is -2.02. The van der Waals surface area contributed by atoms with E-state index in [-0.39, 0.29) is 10.6 Å². The van der Waals surface area contributed by atoms with Gasteiger partial charge in [0.1, 0.15) is 5.82 Å². The topological polar surface area (TPSA) is 73.8 Å². The first kappa shape index (κ1) is 13.1. The van der Waals surface area contributed by atoms with Crippen LogP contribution in [0.2, 0.25) is 0 Å². The molecule has 2 aromatic rings. The van der Waals surface area contributed by atoms with Crippen molar-refractivity contribution in [3.63, 3.8) is 0 Å². The number of para-hydroxylation sites is 1. The van der Waals surface area contributed by atoms with Gasteiger partial charge in [0, 0.05) is 19.0 Å². The number of aryl methyl sites for hydroxylation is 1. The first-order chi connectivity index (χ1) is 9.75. The summed E-state index contributed by atoms with van der Waals surface area (Å²) in [7, 11) is 0. The van der Waals surface area contributed by atoms with Crippen LogP contribution in [0.25, 0.3) is 0 Å². The smallest absolute Gasteiger partial charge is 0.283 e. The molecule has 1 aromatic carbocycles. The average Bonchev–Trinajstić information content (AvgIpc) is 2.68. The molecule has 0 aliphatic carbocycles. The van der Waals surface area contributed by atoms with Crippen molar-refractivity contribution in [2.45, 2.75) is 42.3 Å². The summed E-state index contributed by atoms with van der Waals surface area (Å²) in [6.45, 7) is 0.894. The van der Waals surface area contributed by atoms with Crippen molar-refractivity contribution in [2.75, 3.05) is 0 Å². The Kier molecular flexibility index (Phi) is 3.68. The molecule has 3 rings (SSSR count). The fourth-order valence-corrected chi connectivity index (χ4v) is 3.31. The number of nitro groups is 1. The maximum Gasteiger partial charge on any atom is 0.283 e. The van der Waals surface area contributed by atoms with E-state index in [0.29, 0.717) is 4.90 Å². The Morgan fingerprint density at radius 2 is 2.05 bits per heavy atom. The quantitative estimate of drug-likeness (QED) is 0.641. The third-order valence-corrected chi connectivity index (χ3v) is 4.39. The van der Waals surface area contributed by atoms with Gasteiger partial charge in [-0.15, -0.1) is 10.2 Å². The molecule has 20 heavy (non-hydrogen) atoms. The van der Waals surface area contributed by atoms with Gasteiger partial charge in [-0.25, -0.2) is 0 Å². The molecule has 1 aliphatic rings. The summed E-state index contributed by atoms with van der Waals surface area (Å²) >= 11 is 1.32. The van der Waals surface area contributed by atoms with Crippen LogP contribution in [0.1, 0.15) is 25.1 Å². The minimum absolute atomic E-state index is 0.114. The van der Waals surface area contributed by atoms with Crippen LogP contribution in [0.4, 0.5) is 5.69 Å². The van der Waals surface area contributed by atoms with E-state index in [0.717, 1.165) is 36.8 Å². The second-order valence-corrected chi connectivity index (χ2v) is 5.70. The first-order valence-electron chi connectivity index (χ1n) is 6.59. The normalized spacial score (nSPS) is 14.6. The Morgan fingerprint density at radius 1 is 1.20 bits per heavy atom. The van der Waals surface area contributed by atoms with E-state index in [4.69, 9.17) is 0 Å². The van der Waals surface area contributed by atoms with Gasteiger partial charge in [-0.2, -0.15) is 0 Å². The van der Waals surface area contributed by atoms with E-state index in [1.165, 1.54) is 24.2 Å². The molecule has 0 bridgehead atoms. The van der Waals surface area contributed by atoms with Gasteiger partial charge in [-0.1, -0.05) is 18.6 Å². The standard InChI is InChI=1S/C13H14N4O2S/c18-17(19)10-6-3-4-7-11(10)20-13-15-14-12-8-2-1-5-9-16(12)13/h3-4,6-7H,1-2,5,8-9H2. The van der Waals surface area contributed by atoms with E-state index in [1.807, 2.05) is 0 Å². The summed E-state index contributed by atoms with van der Waals surface area (Å²) in [6, 6.07) is 6.74. The van der Waals surface area contributed by atoms with Crippen LogP contribution in [0.3, 0.4) is 0 Å². The second-order valence-electron chi connectivity index (χ2n) is 4.69. The zero-order valence-corrected chi connectivity index (χ0v) is 11.7. The first-order valence-corrected chi connectivity index (χ1v) is 7.41. The molecule has 1 aromatic heterocycles. The van der Waals surface area contributed by atoms with Gasteiger partial charge in [-0.05, 0) is 30.7 Å². The van der Waals surface area contributed by atoms with Crippen molar-refractivity contribution in [3.05, 3.63) is 40.2 Å². The van der Waals surface area contributed by atoms with Gasteiger partial charge >= 0.3 is 0 Å². The number of nitrogens with zero attached hydrogens (tertiary/aromatic N) is 4. The zero-order chi connectivity index (χ0) is 13.9. The predicted molar refractivity (Wildman–Crippen MR) is 74.8 cm³/mol. The number of hydrogen-bond acceptors (Lipinski definition) is 5. The van der Waals surface area contributed by atoms with E-state index in [9.17, 15) is 10.1 Å². The van der Waals surface area contributed by atoms with Crippen LogP contribution in [-0.2, 0) is 13.0 Å². The SMILES string of the molecule is O=[N+]([O-])c1ccccc1Sc1nnc2n1CCCCC2. The number of nitro benzene ring substituents is 1. The summed E-state index contributed by atoms with van der Waals surface area (Å²) in [4.78, 5) is 11.3. The highest BCUT2D eigenvalue weighted by molar-refractivity contribution is 7.99. The van der Waals surface area contributed by atoms with Crippen LogP contribution >= 0.6 is 11.8 Å². The molecule has 0 unspecified atom stereocenters. The highest BCUT2D eigenvalue weighted by atomic mass is 32.2. The molecular weight excluding hydrogens is 276 g/mol. The third kappa shape index (κ3) is 2.53. The molecular formula is C13H14N4O2S. The number of aromatic nitrogens is 3. The molecule has 0 fully saturated rings. The Labute approximate surface area is 120 Å². The van der Waals surface area contributed by atoms with Gasteiger partial charge in [0.25, 0.3) is 5.69 Å². The molecule has 1 aliphatic heterocycles. The number of rotatable bonds is 3. The fourth-order valence-electron chi connectivity index (χ4n) is 2.33. The summed E-state index contributed by atoms with van der Waals surface area (Å²) in [5.41, 5.74) is 0.114. The van der Waals surface area contributed by atoms with E-state index < -0.39 is 0 Å². The maximum atomic E-state index is 11.0. The summed E-state index contributed by atoms with van der Waals surface area (Å²) < 4.78 is 2.09. The highest BCUT2D eigenvalue weighted by Gasteiger charge is 2.19. The molecule has 0 atom stereocenters. The van der Waals surface area contributed by atoms with Crippen molar-refractivity contribution in [1.82, 2.24) is 14.8 Å². The Balaban J connectivity index is 1.92. The van der Waals surface area contributed by atoms with Crippen LogP contribution in [-0.4, -0.2) is 19.7 Å². The lowest BCUT2D eigenvalue weighted by molar-refractivity contribution is -0.387. The molecule has 2 heterocycles. The van der Waals surface area contributed by atoms with E-state index in [1.54, 1.807) is 18.2 Å². The average molecular weight is 290 g/mol. The van der Waals surface area contributed by atoms with Crippen LogP contribution < -0.4 is 0 Å². The van der Waals surface area contributed by atoms with Crippen LogP contribution in [0.15, 0.2) is 34.3 Å². The monoisotopic (exact) mass is 290 g/mol. The summed E-state index contributed by atoms with van der Waals surface area (Å²) in [5.74, 6) is 0.989. The molecule has 7 heteroatoms. The minimum atomic E-state index is -0.359. The van der Waals surface area contributed by atoms with Gasteiger partial charge in [0.2, 0.25) is 0 Å². The molecule has 0 spiro atoms. The third-order valence-electron chi connectivity index (χ3n) is 3.34. The van der Waals surface area contributed by atoms with Gasteiger partial charge < -0.3 is 4.57 Å². The predicted octanol–water partition coefficient (Wildman–Crippen LogP) is 3.06. The molecule has 104 valence electrons. The fraction of sp³-hybridized carbons (Fsp3) is 0.385. The Bertz CT molecular complexity index is 641. The van der Waals surface area contributed by atoms with Crippen molar-refractivity contribution in [3.8, 4) is 0 Å². The Morgan fingerprint density at radius 3 is 2.90 bits per heavy atom. The molecule has 0 saturated carbocycles. The van der Waals surface area contributed by atoms with Crippen LogP contribution in [0, 0.1) is 10.1 Å². The molecule has 6 nitrogen and oxygen atoms in total. The molecule has 0 amide bonds. The van der Waals surface area contributed by atoms with Crippen molar-refractivity contribution >= 4 is 17.4 Å². The molecule has 0 saturated heterocycles. The van der Waals surface area contributed by atoms with Crippen molar-refractivity contribution in [2.24, 2.45) is 0 Å². The summed E-state index contributed by atoms with van der Waals surface area (Å²) in [6.07, 6.45) is 4.37. The van der Waals surface area contributed by atoms with Gasteiger partial charge in [0.05, 0.1) is 9.82 Å². The second kappa shape index (κ2) is 5.62. The number of benzene rings is 1. The lowest BCUT2D eigenvalue weighted by Gasteiger charge is -2.06. The van der Waals surface area contributed by atoms with Crippen molar-refractivity contribution in [1.29, 1.82) is 0 Å². The minimum Gasteiger partial charge on any atom is -0.306 e. The van der Waals surface area contributed by atoms with Gasteiger partial charge in [0.15, 0.2) is 5.16 Å². The Hall–Kier alpha value is -1.89. The summed E-state index contributed by atoms with van der Waals surface area (Å²) in [5, 5.41) is 20.2. The van der Waals surface area contributed by atoms with Crippen molar-refractivity contribution < 1.29 is 4.92 Å². The van der Waals surface area contributed by atoms with Gasteiger partial charge in [-0.3, -0.25) is 10.1 Å². The molecule has 0 N–H and O–H groups in total. The van der Waals surface area contributed by atoms with E-state index >= 15 is 0 Å². The number of fused-ring (bicyclic) bond motifs is 1. The lowest BCUT2D eigenvalue weighted by atomic mass is 10.2. The van der Waals surface area contributed by atoms with E-state index in [2.05, 4.69) is 14.8 Å². The molecule has 0 radical (unpaired) electrons. The zero-order valence-electron chi connectivity index (χ0n) is 10.9.